The van der Waals surface area contributed by atoms with Gasteiger partial charge in [-0.2, -0.15) is 5.26 Å². The molecule has 9 rings (SSSR count). The molecular formula is C46H28N4O2S2. The maximum absolute atomic E-state index is 11.5. The number of carboxylic acid groups (broad SMARTS) is 1. The van der Waals surface area contributed by atoms with Crippen molar-refractivity contribution in [3.05, 3.63) is 168 Å². The zero-order valence-electron chi connectivity index (χ0n) is 28.5. The number of rotatable bonds is 8. The molecule has 0 aliphatic heterocycles. The Hall–Kier alpha value is -6.92. The molecule has 6 nitrogen and oxygen atoms in total. The lowest BCUT2D eigenvalue weighted by atomic mass is 10.0. The molecule has 0 atom stereocenters. The number of aromatic nitrogens is 2. The normalized spacial score (nSPS) is 11.6. The van der Waals surface area contributed by atoms with Crippen molar-refractivity contribution in [2.75, 3.05) is 4.90 Å². The van der Waals surface area contributed by atoms with E-state index < -0.39 is 5.97 Å². The van der Waals surface area contributed by atoms with E-state index in [0.717, 1.165) is 81.2 Å². The number of aliphatic carboxylic acids is 1. The summed E-state index contributed by atoms with van der Waals surface area (Å²) in [4.78, 5) is 26.7. The van der Waals surface area contributed by atoms with Crippen molar-refractivity contribution >= 4 is 83.0 Å². The van der Waals surface area contributed by atoms with Gasteiger partial charge < -0.3 is 10.0 Å². The molecule has 1 N–H and O–H groups in total. The molecule has 0 saturated heterocycles. The van der Waals surface area contributed by atoms with Crippen molar-refractivity contribution in [1.29, 1.82) is 5.26 Å². The summed E-state index contributed by atoms with van der Waals surface area (Å²) < 4.78 is 2.00. The molecule has 0 bridgehead atoms. The molecule has 0 aliphatic rings. The van der Waals surface area contributed by atoms with Gasteiger partial charge in [0.2, 0.25) is 0 Å². The van der Waals surface area contributed by atoms with Crippen LogP contribution in [0.1, 0.15) is 4.88 Å². The molecule has 3 aromatic heterocycles. The predicted octanol–water partition coefficient (Wildman–Crippen LogP) is 12.5. The Morgan fingerprint density at radius 1 is 0.648 bits per heavy atom. The highest BCUT2D eigenvalue weighted by Gasteiger charge is 2.24. The highest BCUT2D eigenvalue weighted by molar-refractivity contribution is 7.29. The molecule has 0 aliphatic carbocycles. The zero-order chi connectivity index (χ0) is 36.6. The fourth-order valence-electron chi connectivity index (χ4n) is 6.83. The van der Waals surface area contributed by atoms with E-state index in [2.05, 4.69) is 114 Å². The van der Waals surface area contributed by atoms with Gasteiger partial charge in [0.25, 0.3) is 0 Å². The first-order chi connectivity index (χ1) is 26.6. The highest BCUT2D eigenvalue weighted by atomic mass is 32.1. The minimum Gasteiger partial charge on any atom is -0.477 e. The first-order valence-corrected chi connectivity index (χ1v) is 18.9. The Kier molecular flexibility index (Phi) is 8.48. The van der Waals surface area contributed by atoms with Crippen molar-refractivity contribution < 1.29 is 9.90 Å². The second-order valence-electron chi connectivity index (χ2n) is 12.6. The summed E-state index contributed by atoms with van der Waals surface area (Å²) in [6.07, 6.45) is 1.43. The van der Waals surface area contributed by atoms with E-state index in [-0.39, 0.29) is 5.57 Å². The van der Waals surface area contributed by atoms with Crippen LogP contribution in [0.5, 0.6) is 0 Å². The van der Waals surface area contributed by atoms with Crippen LogP contribution < -0.4 is 4.90 Å². The molecule has 0 amide bonds. The standard InChI is InChI=1S/C46H28N4O2S2/c47-28-32(46(51)52)25-34-26-40-41(53-34)27-39(54-40)36-23-24-38(50(33-19-8-3-9-20-33)37-22-12-18-29-13-10-11-21-35(29)37)45-44(36)48-42(30-14-4-1-5-15-30)43(49-45)31-16-6-2-7-17-31/h1-27H,(H,51,52)/b32-25+. The average Bonchev–Trinajstić information content (AvgIpc) is 3.80. The largest absolute Gasteiger partial charge is 0.477 e. The Balaban J connectivity index is 1.34. The van der Waals surface area contributed by atoms with Gasteiger partial charge in [-0.3, -0.25) is 0 Å². The van der Waals surface area contributed by atoms with Gasteiger partial charge in [0.05, 0.1) is 22.8 Å². The number of nitrogens with zero attached hydrogens (tertiary/aromatic N) is 4. The molecule has 3 heterocycles. The Bertz CT molecular complexity index is 2890. The number of fused-ring (bicyclic) bond motifs is 3. The number of carbonyl (C=O) groups is 1. The van der Waals surface area contributed by atoms with Gasteiger partial charge in [0.15, 0.2) is 0 Å². The van der Waals surface area contributed by atoms with E-state index in [0.29, 0.717) is 4.88 Å². The van der Waals surface area contributed by atoms with Crippen LogP contribution >= 0.6 is 22.7 Å². The summed E-state index contributed by atoms with van der Waals surface area (Å²) in [5.41, 5.74) is 8.58. The third-order valence-corrected chi connectivity index (χ3v) is 11.6. The lowest BCUT2D eigenvalue weighted by Crippen LogP contribution is -2.12. The minimum absolute atomic E-state index is 0.294. The maximum atomic E-state index is 11.5. The first kappa shape index (κ1) is 33.0. The van der Waals surface area contributed by atoms with Crippen molar-refractivity contribution in [3.8, 4) is 39.0 Å². The smallest absolute Gasteiger partial charge is 0.346 e. The molecule has 9 aromatic rings. The van der Waals surface area contributed by atoms with Gasteiger partial charge in [0, 0.05) is 46.9 Å². The van der Waals surface area contributed by atoms with Crippen LogP contribution in [-0.4, -0.2) is 21.0 Å². The zero-order valence-corrected chi connectivity index (χ0v) is 30.2. The summed E-state index contributed by atoms with van der Waals surface area (Å²) in [5.74, 6) is -1.24. The lowest BCUT2D eigenvalue weighted by molar-refractivity contribution is -0.132. The maximum Gasteiger partial charge on any atom is 0.346 e. The molecule has 0 radical (unpaired) electrons. The van der Waals surface area contributed by atoms with Crippen molar-refractivity contribution in [2.24, 2.45) is 0 Å². The van der Waals surface area contributed by atoms with E-state index in [1.54, 1.807) is 17.4 Å². The molecule has 54 heavy (non-hydrogen) atoms. The monoisotopic (exact) mass is 732 g/mol. The number of hydrogen-bond donors (Lipinski definition) is 1. The summed E-state index contributed by atoms with van der Waals surface area (Å²) in [7, 11) is 0. The molecule has 256 valence electrons. The van der Waals surface area contributed by atoms with Crippen molar-refractivity contribution in [3.63, 3.8) is 0 Å². The fraction of sp³-hybridized carbons (Fsp3) is 0. The molecule has 8 heteroatoms. The molecule has 0 spiro atoms. The molecule has 6 aromatic carbocycles. The van der Waals surface area contributed by atoms with E-state index in [4.69, 9.17) is 9.97 Å². The van der Waals surface area contributed by atoms with Crippen LogP contribution in [0.3, 0.4) is 0 Å². The van der Waals surface area contributed by atoms with Gasteiger partial charge in [0.1, 0.15) is 22.7 Å². The van der Waals surface area contributed by atoms with Crippen molar-refractivity contribution in [1.82, 2.24) is 9.97 Å². The quantitative estimate of drug-likeness (QED) is 0.124. The fourth-order valence-corrected chi connectivity index (χ4v) is 9.20. The molecule has 0 unspecified atom stereocenters. The first-order valence-electron chi connectivity index (χ1n) is 17.2. The van der Waals surface area contributed by atoms with Gasteiger partial charge in [-0.25, -0.2) is 14.8 Å². The Morgan fingerprint density at radius 3 is 1.93 bits per heavy atom. The summed E-state index contributed by atoms with van der Waals surface area (Å²) >= 11 is 3.07. The minimum atomic E-state index is -1.24. The topological polar surface area (TPSA) is 90.1 Å². The average molecular weight is 733 g/mol. The van der Waals surface area contributed by atoms with Crippen LogP contribution in [-0.2, 0) is 4.79 Å². The van der Waals surface area contributed by atoms with Gasteiger partial charge in [-0.1, -0.05) is 115 Å². The van der Waals surface area contributed by atoms with Crippen molar-refractivity contribution in [2.45, 2.75) is 0 Å². The molecular weight excluding hydrogens is 705 g/mol. The van der Waals surface area contributed by atoms with Gasteiger partial charge in [-0.15, -0.1) is 22.7 Å². The highest BCUT2D eigenvalue weighted by Crippen LogP contribution is 2.47. The van der Waals surface area contributed by atoms with E-state index in [9.17, 15) is 15.2 Å². The van der Waals surface area contributed by atoms with E-state index in [1.807, 2.05) is 48.5 Å². The lowest BCUT2D eigenvalue weighted by Gasteiger charge is -2.28. The number of anilines is 3. The third-order valence-electron chi connectivity index (χ3n) is 9.29. The SMILES string of the molecule is N#C/C(=C\c1cc2sc(-c3ccc(N(c4ccccc4)c4cccc5ccccc45)c4nc(-c5ccccc5)c(-c5ccccc5)nc34)cc2s1)C(=O)O. The van der Waals surface area contributed by atoms with Gasteiger partial charge in [-0.05, 0) is 53.9 Å². The third kappa shape index (κ3) is 5.97. The predicted molar refractivity (Wildman–Crippen MR) is 223 cm³/mol. The number of hydrogen-bond acceptors (Lipinski definition) is 7. The summed E-state index contributed by atoms with van der Waals surface area (Å²) in [6.45, 7) is 0. The number of carboxylic acids is 1. The summed E-state index contributed by atoms with van der Waals surface area (Å²) in [5, 5.41) is 21.0. The van der Waals surface area contributed by atoms with Crippen LogP contribution in [0, 0.1) is 11.3 Å². The van der Waals surface area contributed by atoms with Crippen LogP contribution in [0.2, 0.25) is 0 Å². The number of para-hydroxylation sites is 1. The number of nitriles is 1. The van der Waals surface area contributed by atoms with Gasteiger partial charge >= 0.3 is 5.97 Å². The molecule has 0 saturated carbocycles. The second-order valence-corrected chi connectivity index (χ2v) is 14.8. The Labute approximate surface area is 318 Å². The summed E-state index contributed by atoms with van der Waals surface area (Å²) in [6, 6.07) is 55.7. The van der Waals surface area contributed by atoms with Crippen LogP contribution in [0.25, 0.3) is 70.2 Å². The molecule has 0 fully saturated rings. The van der Waals surface area contributed by atoms with E-state index >= 15 is 0 Å². The van der Waals surface area contributed by atoms with Crippen LogP contribution in [0.15, 0.2) is 163 Å². The second kappa shape index (κ2) is 13.9. The Morgan fingerprint density at radius 2 is 1.26 bits per heavy atom. The number of thiophene rings is 2. The van der Waals surface area contributed by atoms with E-state index in [1.165, 1.54) is 17.4 Å². The number of benzene rings is 6. The van der Waals surface area contributed by atoms with Crippen LogP contribution in [0.4, 0.5) is 17.1 Å².